The molecule has 10 nitrogen and oxygen atoms in total. The van der Waals surface area contributed by atoms with Gasteiger partial charge in [-0.15, -0.1) is 0 Å². The van der Waals surface area contributed by atoms with Crippen LogP contribution < -0.4 is 0 Å². The van der Waals surface area contributed by atoms with Crippen LogP contribution in [0.1, 0.15) is 106 Å². The predicted octanol–water partition coefficient (Wildman–Crippen LogP) is 6.84. The summed E-state index contributed by atoms with van der Waals surface area (Å²) in [7, 11) is 12.5. The van der Waals surface area contributed by atoms with E-state index in [2.05, 4.69) is 48.5 Å². The molecule has 0 aromatic heterocycles. The number of hydrogen-bond donors (Lipinski definition) is 0. The van der Waals surface area contributed by atoms with Gasteiger partial charge in [0.15, 0.2) is 6.29 Å². The summed E-state index contributed by atoms with van der Waals surface area (Å²) in [6.45, 7) is 17.2. The third kappa shape index (κ3) is 5.60. The number of ether oxygens (including phenoxy) is 10. The summed E-state index contributed by atoms with van der Waals surface area (Å²) in [5.41, 5.74) is -0.216. The monoisotopic (exact) mass is 751 g/mol. The van der Waals surface area contributed by atoms with E-state index in [1.165, 1.54) is 25.7 Å². The molecule has 0 N–H and O–H groups in total. The van der Waals surface area contributed by atoms with Gasteiger partial charge in [0.2, 0.25) is 0 Å². The van der Waals surface area contributed by atoms with Gasteiger partial charge in [0.05, 0.1) is 42.2 Å². The Bertz CT molecular complexity index is 1330. The number of rotatable bonds is 12. The van der Waals surface area contributed by atoms with E-state index in [0.29, 0.717) is 18.4 Å². The SMILES string of the molecule is COC[C@H]1OC(O[C@H]2C[C@@H]3[C@]4(CC[C@]5(C)[C@@H]([C@@]6(C)CC[C@@H](C(C)(C)OC)O6)[C@@H](OC)C[C@@]35C)C[C@@]43CC[C@H](OC)C(C)(C)[C@H]23)[C@H](OC)[C@@H](OC)[C@@H]1OC. The van der Waals surface area contributed by atoms with Gasteiger partial charge in [0, 0.05) is 55.7 Å². The smallest absolute Gasteiger partial charge is 0.187 e. The Morgan fingerprint density at radius 2 is 1.38 bits per heavy atom. The maximum atomic E-state index is 7.50. The van der Waals surface area contributed by atoms with Crippen LogP contribution in [-0.4, -0.2) is 123 Å². The van der Waals surface area contributed by atoms with Gasteiger partial charge in [0.25, 0.3) is 0 Å². The molecular weight excluding hydrogens is 676 g/mol. The molecule has 7 fully saturated rings. The molecule has 0 bridgehead atoms. The average molecular weight is 751 g/mol. The van der Waals surface area contributed by atoms with Gasteiger partial charge in [-0.25, -0.2) is 0 Å². The number of hydrogen-bond acceptors (Lipinski definition) is 10. The first-order chi connectivity index (χ1) is 25.0. The summed E-state index contributed by atoms with van der Waals surface area (Å²) in [4.78, 5) is 0. The zero-order valence-electron chi connectivity index (χ0n) is 35.6. The Hall–Kier alpha value is -0.400. The van der Waals surface area contributed by atoms with Gasteiger partial charge in [-0.05, 0) is 117 Å². The fourth-order valence-electron chi connectivity index (χ4n) is 15.2. The first-order valence-corrected chi connectivity index (χ1v) is 20.6. The maximum absolute atomic E-state index is 7.50. The van der Waals surface area contributed by atoms with Crippen molar-refractivity contribution in [2.75, 3.05) is 56.4 Å². The number of fused-ring (bicyclic) bond motifs is 2. The Kier molecular flexibility index (Phi) is 10.7. The molecule has 5 saturated carbocycles. The largest absolute Gasteiger partial charge is 0.382 e. The van der Waals surface area contributed by atoms with E-state index < -0.39 is 12.4 Å². The minimum absolute atomic E-state index is 0.0255. The minimum Gasteiger partial charge on any atom is -0.382 e. The maximum Gasteiger partial charge on any atom is 0.187 e. The standard InChI is InChI=1S/C43H74O10/c1-37(2)29(46-10)16-18-43-24-42(43)20-19-39(5)35(41(7)17-15-30(53-41)38(3,4)50-14)26(45-9)22-40(39,6)28(42)21-25(34(37)43)51-36-33(49-13)32(48-12)31(47-11)27(52-36)23-44-8/h25-36H,15-24H2,1-14H3/t25-,26-,27+,28-,29-,30-,31+,32-,33+,34-,35-,36?,39+,40-,41+,42-,43+/m0/s1. The molecule has 0 radical (unpaired) electrons. The lowest BCUT2D eigenvalue weighted by Gasteiger charge is -2.65. The highest BCUT2D eigenvalue weighted by Gasteiger charge is 2.85. The second-order valence-electron chi connectivity index (χ2n) is 20.2. The van der Waals surface area contributed by atoms with Crippen molar-refractivity contribution in [3.63, 3.8) is 0 Å². The molecule has 2 aliphatic heterocycles. The van der Waals surface area contributed by atoms with Crippen LogP contribution in [0.3, 0.4) is 0 Å². The van der Waals surface area contributed by atoms with Crippen molar-refractivity contribution < 1.29 is 47.4 Å². The van der Waals surface area contributed by atoms with E-state index in [1.807, 2.05) is 21.3 Å². The van der Waals surface area contributed by atoms with Gasteiger partial charge in [-0.3, -0.25) is 0 Å². The van der Waals surface area contributed by atoms with E-state index in [1.54, 1.807) is 28.4 Å². The summed E-state index contributed by atoms with van der Waals surface area (Å²) >= 11 is 0. The van der Waals surface area contributed by atoms with Crippen LogP contribution in [-0.2, 0) is 47.4 Å². The van der Waals surface area contributed by atoms with Crippen LogP contribution in [0.5, 0.6) is 0 Å². The molecule has 5 aliphatic carbocycles. The number of methoxy groups -OCH3 is 7. The molecule has 7 aliphatic rings. The Labute approximate surface area is 320 Å². The molecule has 0 amide bonds. The van der Waals surface area contributed by atoms with Gasteiger partial charge in [-0.2, -0.15) is 0 Å². The molecule has 17 atom stereocenters. The Balaban J connectivity index is 1.28. The Morgan fingerprint density at radius 1 is 0.679 bits per heavy atom. The van der Waals surface area contributed by atoms with E-state index in [-0.39, 0.29) is 86.9 Å². The topological polar surface area (TPSA) is 92.3 Å². The lowest BCUT2D eigenvalue weighted by Crippen LogP contribution is -2.65. The minimum atomic E-state index is -0.638. The average Bonchev–Trinajstić information content (AvgIpc) is 3.46. The molecule has 1 unspecified atom stereocenters. The summed E-state index contributed by atoms with van der Waals surface area (Å²) in [6, 6.07) is 0. The van der Waals surface area contributed by atoms with Crippen molar-refractivity contribution in [2.24, 2.45) is 44.8 Å². The summed E-state index contributed by atoms with van der Waals surface area (Å²) < 4.78 is 64.2. The van der Waals surface area contributed by atoms with Crippen molar-refractivity contribution in [1.29, 1.82) is 0 Å². The highest BCUT2D eigenvalue weighted by atomic mass is 16.7. The van der Waals surface area contributed by atoms with Crippen LogP contribution in [0.25, 0.3) is 0 Å². The predicted molar refractivity (Wildman–Crippen MR) is 201 cm³/mol. The fourth-order valence-corrected chi connectivity index (χ4v) is 15.2. The zero-order chi connectivity index (χ0) is 38.6. The van der Waals surface area contributed by atoms with Crippen LogP contribution in [0.15, 0.2) is 0 Å². The van der Waals surface area contributed by atoms with Gasteiger partial charge < -0.3 is 47.4 Å². The molecule has 0 aromatic rings. The van der Waals surface area contributed by atoms with E-state index in [4.69, 9.17) is 47.4 Å². The van der Waals surface area contributed by atoms with Gasteiger partial charge >= 0.3 is 0 Å². The first-order valence-electron chi connectivity index (χ1n) is 20.6. The third-order valence-corrected chi connectivity index (χ3v) is 17.8. The lowest BCUT2D eigenvalue weighted by molar-refractivity contribution is -0.339. The quantitative estimate of drug-likeness (QED) is 0.198. The highest BCUT2D eigenvalue weighted by Crippen LogP contribution is 2.89. The molecular formula is C43H74O10. The van der Waals surface area contributed by atoms with Crippen molar-refractivity contribution in [3.8, 4) is 0 Å². The zero-order valence-corrected chi connectivity index (χ0v) is 35.6. The Morgan fingerprint density at radius 3 is 1.98 bits per heavy atom. The van der Waals surface area contributed by atoms with Gasteiger partial charge in [0.1, 0.15) is 24.4 Å². The molecule has 7 rings (SSSR count). The molecule has 2 spiro atoms. The fraction of sp³-hybridized carbons (Fsp3) is 1.00. The van der Waals surface area contributed by atoms with Crippen LogP contribution in [0.2, 0.25) is 0 Å². The van der Waals surface area contributed by atoms with Crippen molar-refractivity contribution in [2.45, 2.75) is 173 Å². The van der Waals surface area contributed by atoms with E-state index in [9.17, 15) is 0 Å². The second-order valence-corrected chi connectivity index (χ2v) is 20.2. The highest BCUT2D eigenvalue weighted by molar-refractivity contribution is 5.33. The summed E-state index contributed by atoms with van der Waals surface area (Å²) in [5, 5.41) is 0. The molecule has 0 aromatic carbocycles. The normalized spacial score (nSPS) is 53.1. The van der Waals surface area contributed by atoms with Gasteiger partial charge in [-0.1, -0.05) is 27.7 Å². The van der Waals surface area contributed by atoms with Crippen LogP contribution >= 0.6 is 0 Å². The van der Waals surface area contributed by atoms with Crippen molar-refractivity contribution in [1.82, 2.24) is 0 Å². The molecule has 306 valence electrons. The molecule has 10 heteroatoms. The van der Waals surface area contributed by atoms with Crippen LogP contribution in [0.4, 0.5) is 0 Å². The summed E-state index contributed by atoms with van der Waals surface area (Å²) in [5.74, 6) is 1.05. The third-order valence-electron chi connectivity index (χ3n) is 17.8. The van der Waals surface area contributed by atoms with Crippen molar-refractivity contribution in [3.05, 3.63) is 0 Å². The molecule has 53 heavy (non-hydrogen) atoms. The van der Waals surface area contributed by atoms with Crippen molar-refractivity contribution >= 4 is 0 Å². The first kappa shape index (κ1) is 40.8. The van der Waals surface area contributed by atoms with E-state index in [0.717, 1.165) is 32.1 Å². The van der Waals surface area contributed by atoms with E-state index >= 15 is 0 Å². The second kappa shape index (κ2) is 13.9. The van der Waals surface area contributed by atoms with Crippen LogP contribution in [0, 0.1) is 44.8 Å². The molecule has 2 saturated heterocycles. The summed E-state index contributed by atoms with van der Waals surface area (Å²) in [6.07, 6.45) is 8.06. The molecule has 2 heterocycles. The lowest BCUT2D eigenvalue weighted by atomic mass is 9.41.